The maximum absolute atomic E-state index is 13.6. The van der Waals surface area contributed by atoms with Gasteiger partial charge in [0.25, 0.3) is 0 Å². The molecule has 2 aromatic rings. The normalized spacial score (nSPS) is 15.0. The van der Waals surface area contributed by atoms with E-state index in [1.165, 1.54) is 0 Å². The Bertz CT molecular complexity index is 1150. The van der Waals surface area contributed by atoms with Gasteiger partial charge in [-0.2, -0.15) is 0 Å². The molecule has 206 valence electrons. The zero-order valence-corrected chi connectivity index (χ0v) is 23.8. The number of carbonyl (C=O) groups excluding carboxylic acids is 2. The number of ketones is 1. The van der Waals surface area contributed by atoms with Gasteiger partial charge in [0.2, 0.25) is 5.91 Å². The second kappa shape index (κ2) is 13.1. The van der Waals surface area contributed by atoms with Crippen molar-refractivity contribution in [2.75, 3.05) is 18.1 Å². The third kappa shape index (κ3) is 7.46. The van der Waals surface area contributed by atoms with Gasteiger partial charge in [0.15, 0.2) is 5.78 Å². The summed E-state index contributed by atoms with van der Waals surface area (Å²) in [5, 5.41) is 9.43. The molecule has 0 radical (unpaired) electrons. The minimum atomic E-state index is -0.979. The number of carbonyl (C=O) groups is 3. The average Bonchev–Trinajstić information content (AvgIpc) is 3.10. The van der Waals surface area contributed by atoms with Crippen LogP contribution in [0.15, 0.2) is 36.4 Å². The lowest BCUT2D eigenvalue weighted by atomic mass is 9.91. The molecule has 38 heavy (non-hydrogen) atoms. The summed E-state index contributed by atoms with van der Waals surface area (Å²) in [7, 11) is 0. The number of carboxylic acids is 1. The van der Waals surface area contributed by atoms with E-state index in [9.17, 15) is 19.5 Å². The third-order valence-electron chi connectivity index (χ3n) is 7.10. The van der Waals surface area contributed by atoms with Crippen LogP contribution in [0.4, 0.5) is 5.69 Å². The number of carboxylic acid groups (broad SMARTS) is 1. The predicted molar refractivity (Wildman–Crippen MR) is 151 cm³/mol. The minimum absolute atomic E-state index is 0.123. The molecule has 0 fully saturated rings. The van der Waals surface area contributed by atoms with Crippen LogP contribution in [0.5, 0.6) is 5.75 Å². The number of rotatable bonds is 14. The van der Waals surface area contributed by atoms with Crippen molar-refractivity contribution < 1.29 is 24.2 Å². The molecule has 1 unspecified atom stereocenters. The van der Waals surface area contributed by atoms with E-state index in [4.69, 9.17) is 4.74 Å². The molecule has 6 heteroatoms. The summed E-state index contributed by atoms with van der Waals surface area (Å²) in [4.78, 5) is 40.3. The molecule has 1 aliphatic heterocycles. The molecule has 1 amide bonds. The highest BCUT2D eigenvalue weighted by Gasteiger charge is 2.37. The fourth-order valence-corrected chi connectivity index (χ4v) is 4.78. The highest BCUT2D eigenvalue weighted by Crippen LogP contribution is 2.41. The van der Waals surface area contributed by atoms with Crippen LogP contribution in [0, 0.1) is 17.8 Å². The Balaban J connectivity index is 1.92. The van der Waals surface area contributed by atoms with Crippen LogP contribution in [-0.4, -0.2) is 35.9 Å². The molecule has 3 rings (SSSR count). The molecule has 0 aliphatic carbocycles. The molecule has 0 saturated carbocycles. The van der Waals surface area contributed by atoms with Gasteiger partial charge in [-0.3, -0.25) is 14.4 Å². The van der Waals surface area contributed by atoms with Crippen molar-refractivity contribution in [2.24, 2.45) is 17.8 Å². The summed E-state index contributed by atoms with van der Waals surface area (Å²) < 4.78 is 5.85. The van der Waals surface area contributed by atoms with E-state index < -0.39 is 5.97 Å². The van der Waals surface area contributed by atoms with E-state index >= 15 is 0 Å². The van der Waals surface area contributed by atoms with E-state index in [0.717, 1.165) is 36.9 Å². The average molecular weight is 522 g/mol. The van der Waals surface area contributed by atoms with Gasteiger partial charge in [-0.1, -0.05) is 53.7 Å². The van der Waals surface area contributed by atoms with Crippen molar-refractivity contribution in [3.05, 3.63) is 58.7 Å². The largest absolute Gasteiger partial charge is 0.493 e. The van der Waals surface area contributed by atoms with E-state index in [1.54, 1.807) is 24.3 Å². The molecule has 1 atom stereocenters. The summed E-state index contributed by atoms with van der Waals surface area (Å²) in [5.74, 6) is 0.703. The molecule has 1 heterocycles. The van der Waals surface area contributed by atoms with E-state index in [2.05, 4.69) is 41.5 Å². The molecule has 0 saturated heterocycles. The Morgan fingerprint density at radius 3 is 2.16 bits per heavy atom. The van der Waals surface area contributed by atoms with Crippen molar-refractivity contribution in [3.8, 4) is 5.75 Å². The van der Waals surface area contributed by atoms with Crippen LogP contribution in [0.3, 0.4) is 0 Å². The van der Waals surface area contributed by atoms with Crippen molar-refractivity contribution in [1.82, 2.24) is 0 Å². The molecular formula is C32H43NO5. The first-order chi connectivity index (χ1) is 18.0. The lowest BCUT2D eigenvalue weighted by Gasteiger charge is -2.20. The Morgan fingerprint density at radius 2 is 1.53 bits per heavy atom. The van der Waals surface area contributed by atoms with Gasteiger partial charge in [-0.25, -0.2) is 0 Å². The van der Waals surface area contributed by atoms with Crippen LogP contribution in [0.25, 0.3) is 0 Å². The molecule has 6 nitrogen and oxygen atoms in total. The second-order valence-corrected chi connectivity index (χ2v) is 11.7. The third-order valence-corrected chi connectivity index (χ3v) is 7.10. The predicted octanol–water partition coefficient (Wildman–Crippen LogP) is 6.88. The number of aliphatic carboxylic acids is 1. The zero-order chi connectivity index (χ0) is 28.0. The maximum Gasteiger partial charge on any atom is 0.307 e. The minimum Gasteiger partial charge on any atom is -0.493 e. The van der Waals surface area contributed by atoms with Gasteiger partial charge in [0.05, 0.1) is 18.9 Å². The van der Waals surface area contributed by atoms with Crippen molar-refractivity contribution in [2.45, 2.75) is 79.6 Å². The second-order valence-electron chi connectivity index (χ2n) is 11.7. The van der Waals surface area contributed by atoms with Gasteiger partial charge < -0.3 is 14.7 Å². The monoisotopic (exact) mass is 521 g/mol. The van der Waals surface area contributed by atoms with Gasteiger partial charge >= 0.3 is 5.97 Å². The highest BCUT2D eigenvalue weighted by molar-refractivity contribution is 6.12. The Labute approximate surface area is 227 Å². The zero-order valence-electron chi connectivity index (χ0n) is 23.8. The standard InChI is InChI=1S/C32H43NO5/c1-20(2)7-10-27-26-11-8-24(18-28(26)33(32(27)37)15-13-21(3)4)31(36)23-9-12-29(38-16-14-22(5)6)25(17-23)19-30(34)35/h8-9,11-12,17-18,20-22,27H,7,10,13-16,19H2,1-6H3,(H,34,35). The number of benzene rings is 2. The van der Waals surface area contributed by atoms with Gasteiger partial charge in [-0.05, 0) is 73.3 Å². The van der Waals surface area contributed by atoms with Crippen LogP contribution in [-0.2, 0) is 16.0 Å². The number of amides is 1. The van der Waals surface area contributed by atoms with Gasteiger partial charge in [-0.15, -0.1) is 0 Å². The SMILES string of the molecule is CC(C)CCOc1ccc(C(=O)c2ccc3c(c2)N(CCC(C)C)C(=O)C3CCC(C)C)cc1CC(=O)O. The molecule has 0 bridgehead atoms. The molecule has 1 N–H and O–H groups in total. The summed E-state index contributed by atoms with van der Waals surface area (Å²) in [6.45, 7) is 13.9. The lowest BCUT2D eigenvalue weighted by Crippen LogP contribution is -2.30. The van der Waals surface area contributed by atoms with Crippen molar-refractivity contribution in [1.29, 1.82) is 0 Å². The van der Waals surface area contributed by atoms with Gasteiger partial charge in [0, 0.05) is 28.9 Å². The topological polar surface area (TPSA) is 83.9 Å². The van der Waals surface area contributed by atoms with Crippen molar-refractivity contribution >= 4 is 23.3 Å². The fraction of sp³-hybridized carbons (Fsp3) is 0.531. The number of hydrogen-bond acceptors (Lipinski definition) is 4. The molecular weight excluding hydrogens is 478 g/mol. The van der Waals surface area contributed by atoms with Crippen LogP contribution >= 0.6 is 0 Å². The summed E-state index contributed by atoms with van der Waals surface area (Å²) in [6, 6.07) is 10.6. The number of nitrogens with zero attached hydrogens (tertiary/aromatic N) is 1. The Kier molecular flexibility index (Phi) is 10.1. The lowest BCUT2D eigenvalue weighted by molar-refractivity contribution is -0.136. The quantitative estimate of drug-likeness (QED) is 0.274. The first-order valence-electron chi connectivity index (χ1n) is 13.9. The molecule has 2 aromatic carbocycles. The molecule has 0 aromatic heterocycles. The molecule has 0 spiro atoms. The summed E-state index contributed by atoms with van der Waals surface area (Å²) in [5.41, 5.74) is 3.21. The van der Waals surface area contributed by atoms with E-state index in [1.807, 2.05) is 17.0 Å². The molecule has 1 aliphatic rings. The fourth-order valence-electron chi connectivity index (χ4n) is 4.78. The summed E-state index contributed by atoms with van der Waals surface area (Å²) in [6.07, 6.45) is 3.28. The van der Waals surface area contributed by atoms with Crippen LogP contribution in [0.2, 0.25) is 0 Å². The van der Waals surface area contributed by atoms with Crippen LogP contribution < -0.4 is 9.64 Å². The first kappa shape index (κ1) is 29.4. The Morgan fingerprint density at radius 1 is 0.895 bits per heavy atom. The summed E-state index contributed by atoms with van der Waals surface area (Å²) >= 11 is 0. The smallest absolute Gasteiger partial charge is 0.307 e. The van der Waals surface area contributed by atoms with E-state index in [-0.39, 0.29) is 24.0 Å². The number of ether oxygens (including phenoxy) is 1. The van der Waals surface area contributed by atoms with Crippen LogP contribution in [0.1, 0.15) is 100 Å². The first-order valence-corrected chi connectivity index (χ1v) is 13.9. The van der Waals surface area contributed by atoms with E-state index in [0.29, 0.717) is 53.3 Å². The number of fused-ring (bicyclic) bond motifs is 1. The highest BCUT2D eigenvalue weighted by atomic mass is 16.5. The maximum atomic E-state index is 13.6. The number of hydrogen-bond donors (Lipinski definition) is 1. The van der Waals surface area contributed by atoms with Gasteiger partial charge in [0.1, 0.15) is 5.75 Å². The van der Waals surface area contributed by atoms with Crippen molar-refractivity contribution in [3.63, 3.8) is 0 Å². The Hall–Kier alpha value is -3.15. The number of anilines is 1.